The van der Waals surface area contributed by atoms with Crippen molar-refractivity contribution in [3.8, 4) is 17.2 Å². The van der Waals surface area contributed by atoms with Gasteiger partial charge in [-0.3, -0.25) is 9.59 Å². The third-order valence-corrected chi connectivity index (χ3v) is 5.91. The van der Waals surface area contributed by atoms with Gasteiger partial charge < -0.3 is 9.67 Å². The Balaban J connectivity index is 1.65. The lowest BCUT2D eigenvalue weighted by atomic mass is 9.99. The van der Waals surface area contributed by atoms with Gasteiger partial charge in [-0.05, 0) is 35.6 Å². The van der Waals surface area contributed by atoms with E-state index in [4.69, 9.17) is 0 Å². The summed E-state index contributed by atoms with van der Waals surface area (Å²) in [6.45, 7) is 0.420. The fourth-order valence-corrected chi connectivity index (χ4v) is 4.14. The number of nitriles is 1. The van der Waals surface area contributed by atoms with Gasteiger partial charge in [0.2, 0.25) is 0 Å². The van der Waals surface area contributed by atoms with Gasteiger partial charge in [-0.1, -0.05) is 42.5 Å². The molecule has 4 rings (SSSR count). The first-order valence-corrected chi connectivity index (χ1v) is 10.5. The number of aliphatic carboxylic acids is 1. The number of rotatable bonds is 6. The van der Waals surface area contributed by atoms with Crippen LogP contribution < -0.4 is 4.80 Å². The maximum Gasteiger partial charge on any atom is 0.309 e. The van der Waals surface area contributed by atoms with Crippen LogP contribution in [0.15, 0.2) is 58.9 Å². The molecule has 0 unspecified atom stereocenters. The molecule has 0 aliphatic heterocycles. The number of hydrogen-bond acceptors (Lipinski definition) is 4. The molecule has 1 N–H and O–H groups in total. The number of nitrogens with zero attached hydrogens (tertiary/aromatic N) is 3. The molecule has 30 heavy (non-hydrogen) atoms. The molecule has 7 heteroatoms. The minimum Gasteiger partial charge on any atom is -0.481 e. The van der Waals surface area contributed by atoms with Crippen molar-refractivity contribution >= 4 is 23.2 Å². The fraction of sp³-hybridized carbons (Fsp3) is 0.217. The molecule has 6 nitrogen and oxygen atoms in total. The fourth-order valence-electron chi connectivity index (χ4n) is 3.24. The van der Waals surface area contributed by atoms with E-state index < -0.39 is 5.97 Å². The van der Waals surface area contributed by atoms with Crippen LogP contribution in [0.25, 0.3) is 11.1 Å². The van der Waals surface area contributed by atoms with E-state index in [1.54, 1.807) is 16.0 Å². The van der Waals surface area contributed by atoms with Gasteiger partial charge in [-0.15, -0.1) is 11.3 Å². The zero-order chi connectivity index (χ0) is 21.1. The van der Waals surface area contributed by atoms with Gasteiger partial charge in [-0.25, -0.2) is 0 Å². The molecule has 1 aliphatic carbocycles. The van der Waals surface area contributed by atoms with Gasteiger partial charge in [0.1, 0.15) is 0 Å². The van der Waals surface area contributed by atoms with Crippen LogP contribution in [0.1, 0.15) is 29.7 Å². The molecule has 1 aliphatic rings. The van der Waals surface area contributed by atoms with Gasteiger partial charge in [0.25, 0.3) is 5.91 Å². The standard InChI is InChI=1S/C23H19N3O3S/c24-12-18-3-1-2-4-20(18)16-7-5-15(6-8-16)13-26-19(11-21(27)28)14-30-23(26)25-22(29)17-9-10-17/h1-8,14,17H,9-11,13H2,(H,27,28). The average molecular weight is 417 g/mol. The number of carboxylic acid groups (broad SMARTS) is 1. The molecule has 2 aromatic carbocycles. The summed E-state index contributed by atoms with van der Waals surface area (Å²) in [5, 5.41) is 20.3. The molecule has 0 bridgehead atoms. The largest absolute Gasteiger partial charge is 0.481 e. The molecule has 1 fully saturated rings. The highest BCUT2D eigenvalue weighted by atomic mass is 32.1. The Hall–Kier alpha value is -3.50. The zero-order valence-corrected chi connectivity index (χ0v) is 16.9. The Morgan fingerprint density at radius 2 is 1.90 bits per heavy atom. The number of aromatic nitrogens is 1. The lowest BCUT2D eigenvalue weighted by Crippen LogP contribution is -2.21. The van der Waals surface area contributed by atoms with Gasteiger partial charge >= 0.3 is 5.97 Å². The quantitative estimate of drug-likeness (QED) is 0.663. The Kier molecular flexibility index (Phi) is 5.59. The molecule has 1 heterocycles. The van der Waals surface area contributed by atoms with E-state index in [9.17, 15) is 20.0 Å². The SMILES string of the molecule is N#Cc1ccccc1-c1ccc(Cn2c(CC(=O)O)csc2=NC(=O)C2CC2)cc1. The predicted molar refractivity (Wildman–Crippen MR) is 113 cm³/mol. The van der Waals surface area contributed by atoms with Crippen LogP contribution in [0.3, 0.4) is 0 Å². The highest BCUT2D eigenvalue weighted by molar-refractivity contribution is 7.07. The van der Waals surface area contributed by atoms with E-state index in [1.165, 1.54) is 11.3 Å². The van der Waals surface area contributed by atoms with Gasteiger partial charge in [0, 0.05) is 17.0 Å². The Labute approximate surface area is 177 Å². The molecular weight excluding hydrogens is 398 g/mol. The summed E-state index contributed by atoms with van der Waals surface area (Å²) in [5.41, 5.74) is 3.99. The molecular formula is C23H19N3O3S. The van der Waals surface area contributed by atoms with Crippen molar-refractivity contribution in [3.63, 3.8) is 0 Å². The first-order chi connectivity index (χ1) is 14.5. The van der Waals surface area contributed by atoms with Crippen LogP contribution in [-0.2, 0) is 22.6 Å². The number of amides is 1. The number of carboxylic acids is 1. The number of benzene rings is 2. The van der Waals surface area contributed by atoms with Crippen molar-refractivity contribution in [1.82, 2.24) is 4.57 Å². The van der Waals surface area contributed by atoms with Gasteiger partial charge in [0.05, 0.1) is 24.6 Å². The molecule has 0 atom stereocenters. The maximum absolute atomic E-state index is 12.2. The lowest BCUT2D eigenvalue weighted by Gasteiger charge is -2.10. The third-order valence-electron chi connectivity index (χ3n) is 5.00. The smallest absolute Gasteiger partial charge is 0.309 e. The second-order valence-corrected chi connectivity index (χ2v) is 8.08. The zero-order valence-electron chi connectivity index (χ0n) is 16.1. The van der Waals surface area contributed by atoms with E-state index in [1.807, 2.05) is 42.5 Å². The van der Waals surface area contributed by atoms with Crippen LogP contribution in [0, 0.1) is 17.2 Å². The summed E-state index contributed by atoms with van der Waals surface area (Å²) in [6, 6.07) is 17.4. The van der Waals surface area contributed by atoms with Crippen molar-refractivity contribution in [2.75, 3.05) is 0 Å². The summed E-state index contributed by atoms with van der Waals surface area (Å²) in [5.74, 6) is -1.04. The number of carbonyl (C=O) groups excluding carboxylic acids is 1. The minimum atomic E-state index is -0.926. The first kappa shape index (κ1) is 19.8. The molecule has 0 radical (unpaired) electrons. The van der Waals surface area contributed by atoms with Gasteiger partial charge in [0.15, 0.2) is 4.80 Å². The van der Waals surface area contributed by atoms with Crippen LogP contribution in [0.4, 0.5) is 0 Å². The summed E-state index contributed by atoms with van der Waals surface area (Å²) in [4.78, 5) is 28.2. The van der Waals surface area contributed by atoms with Crippen molar-refractivity contribution in [2.24, 2.45) is 10.9 Å². The molecule has 3 aromatic rings. The highest BCUT2D eigenvalue weighted by Crippen LogP contribution is 2.30. The summed E-state index contributed by atoms with van der Waals surface area (Å²) < 4.78 is 1.80. The second kappa shape index (κ2) is 8.47. The van der Waals surface area contributed by atoms with Crippen LogP contribution in [-0.4, -0.2) is 21.6 Å². The maximum atomic E-state index is 12.2. The van der Waals surface area contributed by atoms with E-state index in [0.29, 0.717) is 22.6 Å². The summed E-state index contributed by atoms with van der Waals surface area (Å²) in [7, 11) is 0. The monoisotopic (exact) mass is 417 g/mol. The minimum absolute atomic E-state index is 0.0166. The van der Waals surface area contributed by atoms with Crippen molar-refractivity contribution in [2.45, 2.75) is 25.8 Å². The number of carbonyl (C=O) groups is 2. The molecule has 1 saturated carbocycles. The predicted octanol–water partition coefficient (Wildman–Crippen LogP) is 3.60. The number of hydrogen-bond donors (Lipinski definition) is 1. The molecule has 0 spiro atoms. The molecule has 150 valence electrons. The topological polar surface area (TPSA) is 95.4 Å². The molecule has 1 aromatic heterocycles. The Bertz CT molecular complexity index is 1210. The first-order valence-electron chi connectivity index (χ1n) is 9.61. The van der Waals surface area contributed by atoms with E-state index in [-0.39, 0.29) is 18.2 Å². The van der Waals surface area contributed by atoms with Crippen LogP contribution in [0.5, 0.6) is 0 Å². The van der Waals surface area contributed by atoms with E-state index in [2.05, 4.69) is 11.1 Å². The summed E-state index contributed by atoms with van der Waals surface area (Å²) >= 11 is 1.29. The number of thiazole rings is 1. The van der Waals surface area contributed by atoms with Crippen LogP contribution >= 0.6 is 11.3 Å². The Morgan fingerprint density at radius 3 is 2.57 bits per heavy atom. The van der Waals surface area contributed by atoms with Crippen molar-refractivity contribution in [1.29, 1.82) is 5.26 Å². The third kappa shape index (κ3) is 4.39. The second-order valence-electron chi connectivity index (χ2n) is 7.24. The van der Waals surface area contributed by atoms with Crippen molar-refractivity contribution < 1.29 is 14.7 Å². The normalized spacial score (nSPS) is 13.8. The highest BCUT2D eigenvalue weighted by Gasteiger charge is 2.29. The van der Waals surface area contributed by atoms with Gasteiger partial charge in [-0.2, -0.15) is 10.3 Å². The van der Waals surface area contributed by atoms with E-state index in [0.717, 1.165) is 29.5 Å². The molecule has 0 saturated heterocycles. The van der Waals surface area contributed by atoms with Crippen LogP contribution in [0.2, 0.25) is 0 Å². The lowest BCUT2D eigenvalue weighted by molar-refractivity contribution is -0.136. The summed E-state index contributed by atoms with van der Waals surface area (Å²) in [6.07, 6.45) is 1.62. The van der Waals surface area contributed by atoms with E-state index >= 15 is 0 Å². The molecule has 1 amide bonds. The average Bonchev–Trinajstić information content (AvgIpc) is 3.54. The Morgan fingerprint density at radius 1 is 1.17 bits per heavy atom. The van der Waals surface area contributed by atoms with Crippen molar-refractivity contribution in [3.05, 3.63) is 75.5 Å².